The van der Waals surface area contributed by atoms with Crippen LogP contribution in [0.2, 0.25) is 0 Å². The first-order valence-electron chi connectivity index (χ1n) is 7.49. The fourth-order valence-corrected chi connectivity index (χ4v) is 3.28. The van der Waals surface area contributed by atoms with Crippen LogP contribution in [-0.2, 0) is 0 Å². The van der Waals surface area contributed by atoms with E-state index in [4.69, 9.17) is 4.42 Å². The lowest BCUT2D eigenvalue weighted by Gasteiger charge is -2.07. The molecule has 5 aromatic rings. The van der Waals surface area contributed by atoms with Crippen LogP contribution >= 0.6 is 0 Å². The van der Waals surface area contributed by atoms with Crippen LogP contribution in [0.3, 0.4) is 0 Å². The molecule has 0 radical (unpaired) electrons. The number of para-hydroxylation sites is 2. The maximum atomic E-state index is 13.3. The molecule has 0 N–H and O–H groups in total. The van der Waals surface area contributed by atoms with Crippen molar-refractivity contribution in [3.8, 4) is 5.69 Å². The summed E-state index contributed by atoms with van der Waals surface area (Å²) < 4.78 is 21.6. The van der Waals surface area contributed by atoms with Gasteiger partial charge in [0.25, 0.3) is 0 Å². The van der Waals surface area contributed by atoms with Crippen LogP contribution in [0, 0.1) is 5.82 Å². The normalized spacial score (nSPS) is 11.7. The van der Waals surface area contributed by atoms with Gasteiger partial charge in [-0.1, -0.05) is 24.3 Å². The zero-order valence-electron chi connectivity index (χ0n) is 12.2. The molecular weight excluding hydrogens is 289 g/mol. The summed E-state index contributed by atoms with van der Waals surface area (Å²) in [5.41, 5.74) is 4.72. The third kappa shape index (κ3) is 1.67. The molecule has 2 heterocycles. The van der Waals surface area contributed by atoms with Gasteiger partial charge in [-0.25, -0.2) is 4.39 Å². The van der Waals surface area contributed by atoms with Crippen LogP contribution < -0.4 is 0 Å². The van der Waals surface area contributed by atoms with Crippen molar-refractivity contribution >= 4 is 33.0 Å². The number of aromatic nitrogens is 1. The van der Waals surface area contributed by atoms with Gasteiger partial charge >= 0.3 is 0 Å². The number of furan rings is 1. The van der Waals surface area contributed by atoms with Crippen molar-refractivity contribution in [3.05, 3.63) is 78.6 Å². The minimum absolute atomic E-state index is 0.237. The summed E-state index contributed by atoms with van der Waals surface area (Å²) in [6.07, 6.45) is 0. The molecule has 0 fully saturated rings. The van der Waals surface area contributed by atoms with Crippen LogP contribution in [0.4, 0.5) is 4.39 Å². The molecule has 23 heavy (non-hydrogen) atoms. The summed E-state index contributed by atoms with van der Waals surface area (Å²) >= 11 is 0. The number of rotatable bonds is 1. The van der Waals surface area contributed by atoms with E-state index >= 15 is 0 Å². The van der Waals surface area contributed by atoms with E-state index < -0.39 is 0 Å². The molecule has 0 aliphatic carbocycles. The monoisotopic (exact) mass is 301 g/mol. The molecule has 0 saturated heterocycles. The third-order valence-corrected chi connectivity index (χ3v) is 4.27. The van der Waals surface area contributed by atoms with Crippen molar-refractivity contribution in [2.75, 3.05) is 0 Å². The summed E-state index contributed by atoms with van der Waals surface area (Å²) in [6.45, 7) is 0. The van der Waals surface area contributed by atoms with Crippen molar-refractivity contribution in [2.45, 2.75) is 0 Å². The summed E-state index contributed by atoms with van der Waals surface area (Å²) in [4.78, 5) is 0. The Labute approximate surface area is 131 Å². The first-order chi connectivity index (χ1) is 11.3. The van der Waals surface area contributed by atoms with Crippen molar-refractivity contribution in [3.63, 3.8) is 0 Å². The van der Waals surface area contributed by atoms with Gasteiger partial charge in [0.05, 0.1) is 5.52 Å². The molecule has 3 heteroatoms. The topological polar surface area (TPSA) is 18.1 Å². The predicted molar refractivity (Wildman–Crippen MR) is 90.5 cm³/mol. The van der Waals surface area contributed by atoms with Crippen LogP contribution in [-0.4, -0.2) is 4.57 Å². The van der Waals surface area contributed by atoms with E-state index in [0.717, 1.165) is 38.7 Å². The Hall–Kier alpha value is -3.07. The quantitative estimate of drug-likeness (QED) is 0.390. The second kappa shape index (κ2) is 4.46. The Bertz CT molecular complexity index is 1160. The van der Waals surface area contributed by atoms with E-state index in [9.17, 15) is 4.39 Å². The maximum Gasteiger partial charge on any atom is 0.161 e. The Morgan fingerprint density at radius 1 is 0.739 bits per heavy atom. The highest BCUT2D eigenvalue weighted by Gasteiger charge is 2.18. The molecule has 0 amide bonds. The first kappa shape index (κ1) is 12.5. The molecular formula is C20H12FNO. The molecule has 5 rings (SSSR count). The van der Waals surface area contributed by atoms with Gasteiger partial charge in [-0.2, -0.15) is 0 Å². The Kier molecular flexibility index (Phi) is 2.42. The smallest absolute Gasteiger partial charge is 0.161 e. The molecule has 2 aromatic heterocycles. The third-order valence-electron chi connectivity index (χ3n) is 4.27. The zero-order valence-corrected chi connectivity index (χ0v) is 12.2. The summed E-state index contributed by atoms with van der Waals surface area (Å²) in [7, 11) is 0. The van der Waals surface area contributed by atoms with Gasteiger partial charge in [-0.3, -0.25) is 0 Å². The number of hydrogen-bond donors (Lipinski definition) is 0. The number of halogens is 1. The highest BCUT2D eigenvalue weighted by molar-refractivity contribution is 6.16. The molecule has 0 atom stereocenters. The van der Waals surface area contributed by atoms with Gasteiger partial charge in [-0.15, -0.1) is 0 Å². The second-order valence-corrected chi connectivity index (χ2v) is 5.60. The first-order valence-corrected chi connectivity index (χ1v) is 7.49. The molecule has 0 bridgehead atoms. The van der Waals surface area contributed by atoms with E-state index in [1.54, 1.807) is 12.1 Å². The van der Waals surface area contributed by atoms with E-state index in [0.29, 0.717) is 0 Å². The van der Waals surface area contributed by atoms with Crippen LogP contribution in [0.5, 0.6) is 0 Å². The Morgan fingerprint density at radius 2 is 1.43 bits per heavy atom. The molecule has 0 unspecified atom stereocenters. The SMILES string of the molecule is Fc1ccc(-n2c3ccccc3c3oc4ccccc4c32)cc1. The Balaban J connectivity index is 2.03. The van der Waals surface area contributed by atoms with Gasteiger partial charge in [0, 0.05) is 16.5 Å². The second-order valence-electron chi connectivity index (χ2n) is 5.60. The average molecular weight is 301 g/mol. The molecule has 3 aromatic carbocycles. The van der Waals surface area contributed by atoms with E-state index in [1.165, 1.54) is 12.1 Å². The van der Waals surface area contributed by atoms with E-state index in [1.807, 2.05) is 30.3 Å². The number of nitrogens with zero attached hydrogens (tertiary/aromatic N) is 1. The molecule has 2 nitrogen and oxygen atoms in total. The summed E-state index contributed by atoms with van der Waals surface area (Å²) in [5, 5.41) is 2.12. The van der Waals surface area contributed by atoms with Gasteiger partial charge in [0.15, 0.2) is 5.58 Å². The summed E-state index contributed by atoms with van der Waals surface area (Å²) in [5.74, 6) is -0.237. The molecule has 0 aliphatic heterocycles. The van der Waals surface area contributed by atoms with Crippen molar-refractivity contribution in [1.29, 1.82) is 0 Å². The number of benzene rings is 3. The molecule has 0 saturated carbocycles. The van der Waals surface area contributed by atoms with Gasteiger partial charge in [0.1, 0.15) is 16.9 Å². The standard InChI is InChI=1S/C20H12FNO/c21-13-9-11-14(12-10-13)22-17-7-3-1-5-15(17)20-19(22)16-6-2-4-8-18(16)23-20/h1-12H. The zero-order chi connectivity index (χ0) is 15.4. The minimum Gasteiger partial charge on any atom is -0.454 e. The van der Waals surface area contributed by atoms with Gasteiger partial charge in [0.2, 0.25) is 0 Å². The van der Waals surface area contributed by atoms with Gasteiger partial charge < -0.3 is 8.98 Å². The van der Waals surface area contributed by atoms with E-state index in [-0.39, 0.29) is 5.82 Å². The lowest BCUT2D eigenvalue weighted by atomic mass is 10.2. The van der Waals surface area contributed by atoms with Crippen molar-refractivity contribution in [1.82, 2.24) is 4.57 Å². The number of hydrogen-bond acceptors (Lipinski definition) is 1. The fourth-order valence-electron chi connectivity index (χ4n) is 3.28. The molecule has 0 aliphatic rings. The van der Waals surface area contributed by atoms with Crippen LogP contribution in [0.25, 0.3) is 38.7 Å². The number of fused-ring (bicyclic) bond motifs is 5. The Morgan fingerprint density at radius 3 is 2.26 bits per heavy atom. The van der Waals surface area contributed by atoms with Crippen LogP contribution in [0.1, 0.15) is 0 Å². The van der Waals surface area contributed by atoms with Crippen molar-refractivity contribution in [2.24, 2.45) is 0 Å². The maximum absolute atomic E-state index is 13.3. The van der Waals surface area contributed by atoms with E-state index in [2.05, 4.69) is 22.8 Å². The molecule has 110 valence electrons. The minimum atomic E-state index is -0.237. The molecule has 0 spiro atoms. The lowest BCUT2D eigenvalue weighted by molar-refractivity contribution is 0.627. The summed E-state index contributed by atoms with van der Waals surface area (Å²) in [6, 6.07) is 22.7. The highest BCUT2D eigenvalue weighted by Crippen LogP contribution is 2.38. The van der Waals surface area contributed by atoms with Crippen LogP contribution in [0.15, 0.2) is 77.2 Å². The highest BCUT2D eigenvalue weighted by atomic mass is 19.1. The van der Waals surface area contributed by atoms with Crippen molar-refractivity contribution < 1.29 is 8.81 Å². The largest absolute Gasteiger partial charge is 0.454 e. The van der Waals surface area contributed by atoms with Gasteiger partial charge in [-0.05, 0) is 48.5 Å². The predicted octanol–water partition coefficient (Wildman–Crippen LogP) is 5.67. The lowest BCUT2D eigenvalue weighted by Crippen LogP contribution is -1.93. The fraction of sp³-hybridized carbons (Fsp3) is 0. The average Bonchev–Trinajstić information content (AvgIpc) is 3.11.